The van der Waals surface area contributed by atoms with Crippen molar-refractivity contribution in [3.05, 3.63) is 41.1 Å². The predicted molar refractivity (Wildman–Crippen MR) is 91.7 cm³/mol. The quantitative estimate of drug-likeness (QED) is 0.781. The third-order valence-electron chi connectivity index (χ3n) is 4.97. The Morgan fingerprint density at radius 1 is 1.33 bits per heavy atom. The summed E-state index contributed by atoms with van der Waals surface area (Å²) in [6.45, 7) is 9.41. The van der Waals surface area contributed by atoms with E-state index in [2.05, 4.69) is 28.8 Å². The first kappa shape index (κ1) is 15.9. The molecule has 130 valence electrons. The van der Waals surface area contributed by atoms with Crippen LogP contribution in [0, 0.1) is 12.8 Å². The molecule has 5 heteroatoms. The van der Waals surface area contributed by atoms with Crippen LogP contribution in [0.2, 0.25) is 0 Å². The summed E-state index contributed by atoms with van der Waals surface area (Å²) in [7, 11) is 0. The van der Waals surface area contributed by atoms with Crippen LogP contribution in [0.3, 0.4) is 0 Å². The van der Waals surface area contributed by atoms with E-state index in [0.717, 1.165) is 56.8 Å². The maximum absolute atomic E-state index is 5.76. The molecule has 4 rings (SSSR count). The van der Waals surface area contributed by atoms with Gasteiger partial charge in [-0.2, -0.15) is 5.10 Å². The molecule has 1 atom stereocenters. The second kappa shape index (κ2) is 6.73. The number of furan rings is 1. The zero-order valence-corrected chi connectivity index (χ0v) is 14.7. The number of nitrogens with zero attached hydrogens (tertiary/aromatic N) is 3. The summed E-state index contributed by atoms with van der Waals surface area (Å²) in [4.78, 5) is 2.45. The van der Waals surface area contributed by atoms with Gasteiger partial charge in [0.25, 0.3) is 0 Å². The minimum absolute atomic E-state index is 0.352. The fourth-order valence-electron chi connectivity index (χ4n) is 3.61. The van der Waals surface area contributed by atoms with E-state index in [-0.39, 0.29) is 0 Å². The van der Waals surface area contributed by atoms with Gasteiger partial charge in [0.2, 0.25) is 0 Å². The highest BCUT2D eigenvalue weighted by molar-refractivity contribution is 5.25. The average molecular weight is 329 g/mol. The lowest BCUT2D eigenvalue weighted by Gasteiger charge is -2.31. The monoisotopic (exact) mass is 329 g/mol. The lowest BCUT2D eigenvalue weighted by atomic mass is 9.97. The average Bonchev–Trinajstić information content (AvgIpc) is 3.13. The first-order valence-corrected chi connectivity index (χ1v) is 9.13. The second-order valence-electron chi connectivity index (χ2n) is 7.24. The van der Waals surface area contributed by atoms with Crippen LogP contribution in [0.1, 0.15) is 48.5 Å². The molecule has 2 aromatic rings. The van der Waals surface area contributed by atoms with Gasteiger partial charge < -0.3 is 9.15 Å². The number of hydrogen-bond donors (Lipinski definition) is 0. The fraction of sp³-hybridized carbons (Fsp3) is 0.632. The molecule has 1 aliphatic carbocycles. The van der Waals surface area contributed by atoms with Crippen LogP contribution < -0.4 is 0 Å². The SMILES string of the molecule is CCOC[C@H]1CN(Cc2ccc(C)o2)Cc2cn(CC3CC3)nc21. The Kier molecular flexibility index (Phi) is 4.46. The van der Waals surface area contributed by atoms with Crippen LogP contribution >= 0.6 is 0 Å². The van der Waals surface area contributed by atoms with E-state index < -0.39 is 0 Å². The maximum atomic E-state index is 5.76. The van der Waals surface area contributed by atoms with Gasteiger partial charge in [0.1, 0.15) is 11.5 Å². The third-order valence-corrected chi connectivity index (χ3v) is 4.97. The largest absolute Gasteiger partial charge is 0.465 e. The highest BCUT2D eigenvalue weighted by Crippen LogP contribution is 2.33. The third kappa shape index (κ3) is 3.57. The van der Waals surface area contributed by atoms with Crippen molar-refractivity contribution >= 4 is 0 Å². The Morgan fingerprint density at radius 3 is 2.92 bits per heavy atom. The van der Waals surface area contributed by atoms with E-state index >= 15 is 0 Å². The van der Waals surface area contributed by atoms with Crippen LogP contribution in [0.4, 0.5) is 0 Å². The van der Waals surface area contributed by atoms with Gasteiger partial charge in [0, 0.05) is 43.9 Å². The van der Waals surface area contributed by atoms with Gasteiger partial charge in [-0.3, -0.25) is 9.58 Å². The second-order valence-corrected chi connectivity index (χ2v) is 7.24. The lowest BCUT2D eigenvalue weighted by molar-refractivity contribution is 0.101. The Balaban J connectivity index is 1.51. The van der Waals surface area contributed by atoms with E-state index in [4.69, 9.17) is 14.3 Å². The van der Waals surface area contributed by atoms with Crippen molar-refractivity contribution in [1.82, 2.24) is 14.7 Å². The van der Waals surface area contributed by atoms with Gasteiger partial charge in [-0.1, -0.05) is 0 Å². The topological polar surface area (TPSA) is 43.4 Å². The van der Waals surface area contributed by atoms with Crippen LogP contribution in [-0.2, 0) is 24.4 Å². The van der Waals surface area contributed by atoms with Crippen molar-refractivity contribution in [3.63, 3.8) is 0 Å². The van der Waals surface area contributed by atoms with E-state index in [0.29, 0.717) is 5.92 Å². The molecule has 1 fully saturated rings. The van der Waals surface area contributed by atoms with Gasteiger partial charge >= 0.3 is 0 Å². The van der Waals surface area contributed by atoms with E-state index in [9.17, 15) is 0 Å². The predicted octanol–water partition coefficient (Wildman–Crippen LogP) is 3.33. The molecule has 0 radical (unpaired) electrons. The van der Waals surface area contributed by atoms with Gasteiger partial charge in [0.15, 0.2) is 0 Å². The standard InChI is InChI=1S/C19H27N3O2/c1-3-23-13-17-10-21(12-18-7-4-14(2)24-18)9-16-11-22(20-19(16)17)8-15-5-6-15/h4,7,11,15,17H,3,5-6,8-10,12-13H2,1-2H3/t17-/m1/s1. The first-order chi connectivity index (χ1) is 11.7. The molecule has 0 N–H and O–H groups in total. The summed E-state index contributed by atoms with van der Waals surface area (Å²) in [6.07, 6.45) is 4.97. The van der Waals surface area contributed by atoms with Gasteiger partial charge in [0.05, 0.1) is 18.8 Å². The van der Waals surface area contributed by atoms with Gasteiger partial charge in [-0.05, 0) is 44.7 Å². The number of rotatable bonds is 7. The molecular formula is C19H27N3O2. The normalized spacial score (nSPS) is 21.2. The van der Waals surface area contributed by atoms with E-state index in [1.54, 1.807) is 0 Å². The summed E-state index contributed by atoms with van der Waals surface area (Å²) in [6, 6.07) is 4.12. The van der Waals surface area contributed by atoms with Crippen molar-refractivity contribution in [3.8, 4) is 0 Å². The Labute approximate surface area is 143 Å². The van der Waals surface area contributed by atoms with Crippen LogP contribution in [-0.4, -0.2) is 34.4 Å². The van der Waals surface area contributed by atoms with Crippen molar-refractivity contribution in [2.24, 2.45) is 5.92 Å². The van der Waals surface area contributed by atoms with Crippen LogP contribution in [0.25, 0.3) is 0 Å². The number of hydrogen-bond acceptors (Lipinski definition) is 4. The van der Waals surface area contributed by atoms with Crippen LogP contribution in [0.15, 0.2) is 22.7 Å². The molecular weight excluding hydrogens is 302 g/mol. The first-order valence-electron chi connectivity index (χ1n) is 9.13. The Hall–Kier alpha value is -1.59. The molecule has 0 saturated heterocycles. The lowest BCUT2D eigenvalue weighted by Crippen LogP contribution is -2.34. The molecule has 24 heavy (non-hydrogen) atoms. The molecule has 1 aliphatic heterocycles. The molecule has 3 heterocycles. The molecule has 0 unspecified atom stereocenters. The number of aromatic nitrogens is 2. The van der Waals surface area contributed by atoms with Crippen molar-refractivity contribution in [1.29, 1.82) is 0 Å². The Bertz CT molecular complexity index is 687. The summed E-state index contributed by atoms with van der Waals surface area (Å²) in [5, 5.41) is 4.90. The summed E-state index contributed by atoms with van der Waals surface area (Å²) >= 11 is 0. The molecule has 1 saturated carbocycles. The van der Waals surface area contributed by atoms with Crippen LogP contribution in [0.5, 0.6) is 0 Å². The highest BCUT2D eigenvalue weighted by Gasteiger charge is 2.30. The fourth-order valence-corrected chi connectivity index (χ4v) is 3.61. The van der Waals surface area contributed by atoms with Gasteiger partial charge in [-0.15, -0.1) is 0 Å². The van der Waals surface area contributed by atoms with Gasteiger partial charge in [-0.25, -0.2) is 0 Å². The Morgan fingerprint density at radius 2 is 2.21 bits per heavy atom. The smallest absolute Gasteiger partial charge is 0.118 e. The summed E-state index contributed by atoms with van der Waals surface area (Å²) < 4.78 is 13.7. The number of ether oxygens (including phenoxy) is 1. The minimum Gasteiger partial charge on any atom is -0.465 e. The van der Waals surface area contributed by atoms with E-state index in [1.165, 1.54) is 24.1 Å². The summed E-state index contributed by atoms with van der Waals surface area (Å²) in [5.41, 5.74) is 2.60. The maximum Gasteiger partial charge on any atom is 0.118 e. The number of aryl methyl sites for hydroxylation is 1. The summed E-state index contributed by atoms with van der Waals surface area (Å²) in [5.74, 6) is 3.21. The molecule has 0 bridgehead atoms. The molecule has 5 nitrogen and oxygen atoms in total. The van der Waals surface area contributed by atoms with E-state index in [1.807, 2.05) is 13.0 Å². The number of fused-ring (bicyclic) bond motifs is 1. The van der Waals surface area contributed by atoms with Crippen molar-refractivity contribution in [2.45, 2.75) is 52.2 Å². The highest BCUT2D eigenvalue weighted by atomic mass is 16.5. The molecule has 0 amide bonds. The molecule has 0 aromatic carbocycles. The zero-order valence-electron chi connectivity index (χ0n) is 14.7. The molecule has 2 aliphatic rings. The zero-order chi connectivity index (χ0) is 16.5. The molecule has 2 aromatic heterocycles. The van der Waals surface area contributed by atoms with Crippen molar-refractivity contribution < 1.29 is 9.15 Å². The molecule has 0 spiro atoms. The van der Waals surface area contributed by atoms with Crippen molar-refractivity contribution in [2.75, 3.05) is 19.8 Å². The minimum atomic E-state index is 0.352.